The number of aromatic carboxylic acids is 1. The molecule has 1 aliphatic heterocycles. The molecule has 1 aromatic rings. The van der Waals surface area contributed by atoms with E-state index >= 15 is 0 Å². The Bertz CT molecular complexity index is 526. The molecule has 1 fully saturated rings. The van der Waals surface area contributed by atoms with Gasteiger partial charge in [0, 0.05) is 19.7 Å². The van der Waals surface area contributed by atoms with E-state index in [2.05, 4.69) is 6.92 Å². The first-order chi connectivity index (χ1) is 11.1. The van der Waals surface area contributed by atoms with E-state index in [1.807, 2.05) is 4.90 Å². The number of amides is 1. The highest BCUT2D eigenvalue weighted by Crippen LogP contribution is 2.16. The molecule has 1 aliphatic rings. The predicted molar refractivity (Wildman–Crippen MR) is 87.6 cm³/mol. The summed E-state index contributed by atoms with van der Waals surface area (Å²) in [6, 6.07) is 6.52. The van der Waals surface area contributed by atoms with Gasteiger partial charge in [0.1, 0.15) is 0 Å². The fourth-order valence-corrected chi connectivity index (χ4v) is 2.82. The number of benzene rings is 1. The standard InChI is InChI=1S/C18H25NO4/c1-2-12-23-16-4-3-10-19(11-9-16)17(20)13-14-5-7-15(8-6-14)18(21)22/h5-8,16H,2-4,9-13H2,1H3,(H,21,22). The molecule has 1 aromatic carbocycles. The smallest absolute Gasteiger partial charge is 0.335 e. The highest BCUT2D eigenvalue weighted by Gasteiger charge is 2.21. The average Bonchev–Trinajstić information content (AvgIpc) is 2.79. The van der Waals surface area contributed by atoms with Gasteiger partial charge in [-0.25, -0.2) is 4.79 Å². The molecule has 0 bridgehead atoms. The molecule has 1 unspecified atom stereocenters. The van der Waals surface area contributed by atoms with E-state index in [9.17, 15) is 9.59 Å². The summed E-state index contributed by atoms with van der Waals surface area (Å²) in [5.41, 5.74) is 1.09. The molecule has 0 saturated carbocycles. The second-order valence-corrected chi connectivity index (χ2v) is 5.98. The van der Waals surface area contributed by atoms with E-state index in [0.29, 0.717) is 6.42 Å². The summed E-state index contributed by atoms with van der Waals surface area (Å²) in [5, 5.41) is 8.89. The summed E-state index contributed by atoms with van der Waals surface area (Å²) < 4.78 is 5.80. The van der Waals surface area contributed by atoms with Crippen LogP contribution in [0.2, 0.25) is 0 Å². The lowest BCUT2D eigenvalue weighted by atomic mass is 10.1. The van der Waals surface area contributed by atoms with E-state index in [1.54, 1.807) is 24.3 Å². The van der Waals surface area contributed by atoms with Gasteiger partial charge in [-0.3, -0.25) is 4.79 Å². The van der Waals surface area contributed by atoms with Crippen LogP contribution in [-0.4, -0.2) is 47.7 Å². The number of nitrogens with zero attached hydrogens (tertiary/aromatic N) is 1. The van der Waals surface area contributed by atoms with E-state index in [1.165, 1.54) is 0 Å². The van der Waals surface area contributed by atoms with Crippen molar-refractivity contribution >= 4 is 11.9 Å². The quantitative estimate of drug-likeness (QED) is 0.875. The van der Waals surface area contributed by atoms with Crippen molar-refractivity contribution in [2.24, 2.45) is 0 Å². The molecule has 1 amide bonds. The van der Waals surface area contributed by atoms with Gasteiger partial charge in [0.05, 0.1) is 18.1 Å². The average molecular weight is 319 g/mol. The summed E-state index contributed by atoms with van der Waals surface area (Å²) in [6.07, 6.45) is 4.48. The van der Waals surface area contributed by atoms with Crippen molar-refractivity contribution in [3.05, 3.63) is 35.4 Å². The highest BCUT2D eigenvalue weighted by molar-refractivity contribution is 5.87. The van der Waals surface area contributed by atoms with Gasteiger partial charge in [-0.15, -0.1) is 0 Å². The Kier molecular flexibility index (Phi) is 6.59. The van der Waals surface area contributed by atoms with Crippen LogP contribution in [0, 0.1) is 0 Å². The highest BCUT2D eigenvalue weighted by atomic mass is 16.5. The Hall–Kier alpha value is -1.88. The lowest BCUT2D eigenvalue weighted by Crippen LogP contribution is -2.33. The maximum absolute atomic E-state index is 12.4. The monoisotopic (exact) mass is 319 g/mol. The van der Waals surface area contributed by atoms with E-state index in [4.69, 9.17) is 9.84 Å². The molecule has 1 saturated heterocycles. The number of hydrogen-bond donors (Lipinski definition) is 1. The largest absolute Gasteiger partial charge is 0.478 e. The van der Waals surface area contributed by atoms with Gasteiger partial charge in [-0.05, 0) is 43.4 Å². The molecule has 1 atom stereocenters. The van der Waals surface area contributed by atoms with Crippen molar-refractivity contribution in [1.82, 2.24) is 4.90 Å². The summed E-state index contributed by atoms with van der Waals surface area (Å²) in [4.78, 5) is 25.2. The topological polar surface area (TPSA) is 66.8 Å². The van der Waals surface area contributed by atoms with Crippen LogP contribution in [0.5, 0.6) is 0 Å². The normalized spacial score (nSPS) is 18.5. The zero-order valence-electron chi connectivity index (χ0n) is 13.7. The summed E-state index contributed by atoms with van der Waals surface area (Å²) in [7, 11) is 0. The maximum Gasteiger partial charge on any atom is 0.335 e. The first-order valence-corrected chi connectivity index (χ1v) is 8.31. The second kappa shape index (κ2) is 8.67. The Labute approximate surface area is 137 Å². The molecule has 5 nitrogen and oxygen atoms in total. The summed E-state index contributed by atoms with van der Waals surface area (Å²) >= 11 is 0. The number of hydrogen-bond acceptors (Lipinski definition) is 3. The number of rotatable bonds is 6. The van der Waals surface area contributed by atoms with Crippen LogP contribution in [-0.2, 0) is 16.0 Å². The third kappa shape index (κ3) is 5.36. The summed E-state index contributed by atoms with van der Waals surface area (Å²) in [5.74, 6) is -0.849. The first-order valence-electron chi connectivity index (χ1n) is 8.31. The SMILES string of the molecule is CCCOC1CCCN(C(=O)Cc2ccc(C(=O)O)cc2)CC1. The fraction of sp³-hybridized carbons (Fsp3) is 0.556. The Morgan fingerprint density at radius 3 is 2.61 bits per heavy atom. The molecule has 0 radical (unpaired) electrons. The molecule has 126 valence electrons. The molecular formula is C18H25NO4. The number of ether oxygens (including phenoxy) is 1. The molecule has 0 aliphatic carbocycles. The van der Waals surface area contributed by atoms with Gasteiger partial charge in [0.2, 0.25) is 5.91 Å². The maximum atomic E-state index is 12.4. The van der Waals surface area contributed by atoms with Crippen LogP contribution in [0.4, 0.5) is 0 Å². The minimum atomic E-state index is -0.950. The zero-order valence-corrected chi connectivity index (χ0v) is 13.7. The number of likely N-dealkylation sites (tertiary alicyclic amines) is 1. The minimum Gasteiger partial charge on any atom is -0.478 e. The van der Waals surface area contributed by atoms with Crippen LogP contribution < -0.4 is 0 Å². The van der Waals surface area contributed by atoms with Crippen molar-refractivity contribution in [2.75, 3.05) is 19.7 Å². The first kappa shape index (κ1) is 17.5. The number of carboxylic acids is 1. The van der Waals surface area contributed by atoms with E-state index < -0.39 is 5.97 Å². The number of carbonyl (C=O) groups is 2. The van der Waals surface area contributed by atoms with Gasteiger partial charge in [0.25, 0.3) is 0 Å². The van der Waals surface area contributed by atoms with Crippen LogP contribution in [0.25, 0.3) is 0 Å². The summed E-state index contributed by atoms with van der Waals surface area (Å²) in [6.45, 7) is 4.40. The minimum absolute atomic E-state index is 0.101. The van der Waals surface area contributed by atoms with Gasteiger partial charge in [-0.2, -0.15) is 0 Å². The molecule has 23 heavy (non-hydrogen) atoms. The lowest BCUT2D eigenvalue weighted by molar-refractivity contribution is -0.130. The molecule has 1 heterocycles. The fourth-order valence-electron chi connectivity index (χ4n) is 2.82. The van der Waals surface area contributed by atoms with Crippen LogP contribution in [0.15, 0.2) is 24.3 Å². The predicted octanol–water partition coefficient (Wildman–Crippen LogP) is 2.74. The Balaban J connectivity index is 1.86. The van der Waals surface area contributed by atoms with Crippen molar-refractivity contribution in [1.29, 1.82) is 0 Å². The van der Waals surface area contributed by atoms with Crippen molar-refractivity contribution in [3.8, 4) is 0 Å². The van der Waals surface area contributed by atoms with Crippen LogP contribution in [0.3, 0.4) is 0 Å². The lowest BCUT2D eigenvalue weighted by Gasteiger charge is -2.21. The molecule has 5 heteroatoms. The Morgan fingerprint density at radius 2 is 1.96 bits per heavy atom. The van der Waals surface area contributed by atoms with E-state index in [-0.39, 0.29) is 17.6 Å². The number of carboxylic acid groups (broad SMARTS) is 1. The van der Waals surface area contributed by atoms with Crippen LogP contribution >= 0.6 is 0 Å². The zero-order chi connectivity index (χ0) is 16.7. The Morgan fingerprint density at radius 1 is 1.22 bits per heavy atom. The van der Waals surface area contributed by atoms with Crippen molar-refractivity contribution < 1.29 is 19.4 Å². The molecule has 0 aromatic heterocycles. The third-order valence-electron chi connectivity index (χ3n) is 4.14. The van der Waals surface area contributed by atoms with Gasteiger partial charge in [0.15, 0.2) is 0 Å². The third-order valence-corrected chi connectivity index (χ3v) is 4.14. The van der Waals surface area contributed by atoms with Gasteiger partial charge in [-0.1, -0.05) is 19.1 Å². The second-order valence-electron chi connectivity index (χ2n) is 5.98. The molecular weight excluding hydrogens is 294 g/mol. The van der Waals surface area contributed by atoms with Crippen molar-refractivity contribution in [3.63, 3.8) is 0 Å². The van der Waals surface area contributed by atoms with Crippen molar-refractivity contribution in [2.45, 2.75) is 45.1 Å². The van der Waals surface area contributed by atoms with Gasteiger partial charge >= 0.3 is 5.97 Å². The molecule has 1 N–H and O–H groups in total. The van der Waals surface area contributed by atoms with Crippen LogP contribution in [0.1, 0.15) is 48.5 Å². The molecule has 0 spiro atoms. The van der Waals surface area contributed by atoms with Gasteiger partial charge < -0.3 is 14.7 Å². The number of carbonyl (C=O) groups excluding carboxylic acids is 1. The molecule has 2 rings (SSSR count). The van der Waals surface area contributed by atoms with E-state index in [0.717, 1.165) is 50.9 Å².